The lowest BCUT2D eigenvalue weighted by atomic mass is 10.0. The SMILES string of the molecule is C[C@@H]1CCCC[NH+]1Cc1nc2ccccc2n1C. The first kappa shape index (κ1) is 11.7. The van der Waals surface area contributed by atoms with E-state index in [-0.39, 0.29) is 0 Å². The highest BCUT2D eigenvalue weighted by molar-refractivity contribution is 5.75. The molecule has 3 rings (SSSR count). The van der Waals surface area contributed by atoms with Crippen molar-refractivity contribution in [3.8, 4) is 0 Å². The number of aromatic nitrogens is 2. The molecule has 1 aromatic heterocycles. The quantitative estimate of drug-likeness (QED) is 0.850. The highest BCUT2D eigenvalue weighted by atomic mass is 15.2. The second-order valence-electron chi connectivity index (χ2n) is 5.56. The molecule has 0 aliphatic carbocycles. The van der Waals surface area contributed by atoms with E-state index in [0.29, 0.717) is 0 Å². The lowest BCUT2D eigenvalue weighted by Crippen LogP contribution is -3.15. The van der Waals surface area contributed by atoms with Crippen LogP contribution in [-0.2, 0) is 13.6 Å². The maximum Gasteiger partial charge on any atom is 0.165 e. The van der Waals surface area contributed by atoms with Crippen LogP contribution < -0.4 is 4.90 Å². The number of fused-ring (bicyclic) bond motifs is 1. The number of hydrogen-bond donors (Lipinski definition) is 1. The maximum absolute atomic E-state index is 4.78. The molecule has 1 aromatic carbocycles. The van der Waals surface area contributed by atoms with Crippen LogP contribution in [0.4, 0.5) is 0 Å². The van der Waals surface area contributed by atoms with E-state index in [2.05, 4.69) is 42.8 Å². The summed E-state index contributed by atoms with van der Waals surface area (Å²) >= 11 is 0. The number of piperidine rings is 1. The van der Waals surface area contributed by atoms with E-state index in [1.807, 2.05) is 0 Å². The number of rotatable bonds is 2. The Kier molecular flexibility index (Phi) is 3.08. The zero-order valence-electron chi connectivity index (χ0n) is 11.3. The third-order valence-electron chi connectivity index (χ3n) is 4.35. The van der Waals surface area contributed by atoms with Gasteiger partial charge in [-0.2, -0.15) is 0 Å². The zero-order chi connectivity index (χ0) is 12.5. The van der Waals surface area contributed by atoms with Crippen molar-refractivity contribution < 1.29 is 4.90 Å². The number of quaternary nitrogens is 1. The Bertz CT molecular complexity index is 544. The van der Waals surface area contributed by atoms with Gasteiger partial charge in [0.25, 0.3) is 0 Å². The van der Waals surface area contributed by atoms with Gasteiger partial charge in [-0.1, -0.05) is 12.1 Å². The molecule has 96 valence electrons. The van der Waals surface area contributed by atoms with Gasteiger partial charge < -0.3 is 9.47 Å². The molecule has 18 heavy (non-hydrogen) atoms. The average Bonchev–Trinajstić information content (AvgIpc) is 2.70. The van der Waals surface area contributed by atoms with Gasteiger partial charge in [-0.15, -0.1) is 0 Å². The van der Waals surface area contributed by atoms with E-state index in [1.54, 1.807) is 4.90 Å². The van der Waals surface area contributed by atoms with Crippen LogP contribution >= 0.6 is 0 Å². The van der Waals surface area contributed by atoms with Crippen molar-refractivity contribution in [2.75, 3.05) is 6.54 Å². The van der Waals surface area contributed by atoms with Gasteiger partial charge in [0.2, 0.25) is 0 Å². The van der Waals surface area contributed by atoms with Crippen LogP contribution in [0.1, 0.15) is 32.0 Å². The Morgan fingerprint density at radius 2 is 2.17 bits per heavy atom. The van der Waals surface area contributed by atoms with E-state index in [9.17, 15) is 0 Å². The minimum atomic E-state index is 0.776. The first-order valence-electron chi connectivity index (χ1n) is 7.00. The third kappa shape index (κ3) is 2.03. The molecule has 0 bridgehead atoms. The smallest absolute Gasteiger partial charge is 0.165 e. The highest BCUT2D eigenvalue weighted by Crippen LogP contribution is 2.14. The van der Waals surface area contributed by atoms with E-state index < -0.39 is 0 Å². The van der Waals surface area contributed by atoms with E-state index in [4.69, 9.17) is 4.98 Å². The van der Waals surface area contributed by atoms with Gasteiger partial charge in [0.1, 0.15) is 6.54 Å². The summed E-state index contributed by atoms with van der Waals surface area (Å²) in [6.45, 7) is 4.73. The Balaban J connectivity index is 1.88. The molecule has 1 N–H and O–H groups in total. The minimum Gasteiger partial charge on any atom is -0.326 e. The molecule has 2 atom stereocenters. The molecule has 2 heterocycles. The van der Waals surface area contributed by atoms with Crippen LogP contribution in [0.15, 0.2) is 24.3 Å². The highest BCUT2D eigenvalue weighted by Gasteiger charge is 2.23. The Hall–Kier alpha value is -1.35. The molecule has 1 fully saturated rings. The molecule has 1 saturated heterocycles. The summed E-state index contributed by atoms with van der Waals surface area (Å²) in [6, 6.07) is 9.19. The predicted molar refractivity (Wildman–Crippen MR) is 73.6 cm³/mol. The number of para-hydroxylation sites is 2. The molecular formula is C15H22N3+. The van der Waals surface area contributed by atoms with Crippen LogP contribution in [0, 0.1) is 0 Å². The van der Waals surface area contributed by atoms with Crippen molar-refractivity contribution in [3.63, 3.8) is 0 Å². The molecule has 0 spiro atoms. The van der Waals surface area contributed by atoms with Gasteiger partial charge in [0.05, 0.1) is 23.6 Å². The molecule has 0 radical (unpaired) electrons. The fourth-order valence-corrected chi connectivity index (χ4v) is 3.07. The van der Waals surface area contributed by atoms with E-state index in [1.165, 1.54) is 37.1 Å². The number of aryl methyl sites for hydroxylation is 1. The second-order valence-corrected chi connectivity index (χ2v) is 5.56. The normalized spacial score (nSPS) is 24.6. The average molecular weight is 244 g/mol. The molecule has 0 amide bonds. The summed E-state index contributed by atoms with van der Waals surface area (Å²) in [5.74, 6) is 1.22. The summed E-state index contributed by atoms with van der Waals surface area (Å²) in [6.07, 6.45) is 4.12. The zero-order valence-corrected chi connectivity index (χ0v) is 11.3. The number of benzene rings is 1. The lowest BCUT2D eigenvalue weighted by molar-refractivity contribution is -0.942. The van der Waals surface area contributed by atoms with E-state index >= 15 is 0 Å². The number of imidazole rings is 1. The molecule has 3 heteroatoms. The lowest BCUT2D eigenvalue weighted by Gasteiger charge is -2.29. The van der Waals surface area contributed by atoms with Gasteiger partial charge in [0.15, 0.2) is 5.82 Å². The summed E-state index contributed by atoms with van der Waals surface area (Å²) in [4.78, 5) is 6.48. The molecular weight excluding hydrogens is 222 g/mol. The first-order valence-corrected chi connectivity index (χ1v) is 7.00. The number of likely N-dealkylation sites (tertiary alicyclic amines) is 1. The molecule has 1 aliphatic rings. The van der Waals surface area contributed by atoms with Gasteiger partial charge in [0, 0.05) is 7.05 Å². The fraction of sp³-hybridized carbons (Fsp3) is 0.533. The van der Waals surface area contributed by atoms with Gasteiger partial charge in [-0.05, 0) is 38.3 Å². The second kappa shape index (κ2) is 4.73. The Morgan fingerprint density at radius 3 is 2.94 bits per heavy atom. The summed E-state index contributed by atoms with van der Waals surface area (Å²) < 4.78 is 2.25. The third-order valence-corrected chi connectivity index (χ3v) is 4.35. The summed E-state index contributed by atoms with van der Waals surface area (Å²) in [5.41, 5.74) is 2.37. The monoisotopic (exact) mass is 244 g/mol. The van der Waals surface area contributed by atoms with Gasteiger partial charge in [-0.25, -0.2) is 4.98 Å². The maximum atomic E-state index is 4.78. The van der Waals surface area contributed by atoms with Crippen LogP contribution in [-0.4, -0.2) is 22.1 Å². The van der Waals surface area contributed by atoms with Crippen molar-refractivity contribution >= 4 is 11.0 Å². The number of nitrogens with zero attached hydrogens (tertiary/aromatic N) is 2. The summed E-state index contributed by atoms with van der Waals surface area (Å²) in [7, 11) is 2.14. The van der Waals surface area contributed by atoms with Gasteiger partial charge in [-0.3, -0.25) is 0 Å². The Morgan fingerprint density at radius 1 is 1.33 bits per heavy atom. The molecule has 3 nitrogen and oxygen atoms in total. The van der Waals surface area contributed by atoms with Crippen molar-refractivity contribution in [3.05, 3.63) is 30.1 Å². The van der Waals surface area contributed by atoms with E-state index in [0.717, 1.165) is 18.1 Å². The minimum absolute atomic E-state index is 0.776. The fourth-order valence-electron chi connectivity index (χ4n) is 3.07. The largest absolute Gasteiger partial charge is 0.326 e. The predicted octanol–water partition coefficient (Wildman–Crippen LogP) is 1.53. The standard InChI is InChI=1S/C15H21N3/c1-12-7-5-6-10-18(12)11-15-16-13-8-3-4-9-14(13)17(15)2/h3-4,8-9,12H,5-7,10-11H2,1-2H3/p+1/t12-/m1/s1. The van der Waals surface area contributed by atoms with Crippen LogP contribution in [0.25, 0.3) is 11.0 Å². The van der Waals surface area contributed by atoms with Crippen LogP contribution in [0.3, 0.4) is 0 Å². The summed E-state index contributed by atoms with van der Waals surface area (Å²) in [5, 5.41) is 0. The van der Waals surface area contributed by atoms with Crippen molar-refractivity contribution in [2.45, 2.75) is 38.8 Å². The molecule has 1 aliphatic heterocycles. The van der Waals surface area contributed by atoms with Crippen molar-refractivity contribution in [1.29, 1.82) is 0 Å². The molecule has 2 aromatic rings. The topological polar surface area (TPSA) is 22.3 Å². The number of hydrogen-bond acceptors (Lipinski definition) is 1. The Labute approximate surface area is 108 Å². The van der Waals surface area contributed by atoms with Gasteiger partial charge >= 0.3 is 0 Å². The van der Waals surface area contributed by atoms with Crippen LogP contribution in [0.5, 0.6) is 0 Å². The van der Waals surface area contributed by atoms with Crippen molar-refractivity contribution in [1.82, 2.24) is 9.55 Å². The molecule has 1 unspecified atom stereocenters. The van der Waals surface area contributed by atoms with Crippen LogP contribution in [0.2, 0.25) is 0 Å². The molecule has 0 saturated carbocycles. The number of nitrogens with one attached hydrogen (secondary N) is 1. The van der Waals surface area contributed by atoms with Crippen molar-refractivity contribution in [2.24, 2.45) is 7.05 Å². The first-order chi connectivity index (χ1) is 8.75.